The van der Waals surface area contributed by atoms with Crippen LogP contribution >= 0.6 is 0 Å². The van der Waals surface area contributed by atoms with Crippen molar-refractivity contribution in [3.63, 3.8) is 0 Å². The molecule has 2 unspecified atom stereocenters. The summed E-state index contributed by atoms with van der Waals surface area (Å²) in [7, 11) is 0. The Kier molecular flexibility index (Phi) is 8.99. The van der Waals surface area contributed by atoms with Crippen molar-refractivity contribution in [3.05, 3.63) is 12.7 Å². The van der Waals surface area contributed by atoms with E-state index in [0.717, 1.165) is 0 Å². The molecule has 0 rings (SSSR count). The predicted octanol–water partition coefficient (Wildman–Crippen LogP) is -2.39. The van der Waals surface area contributed by atoms with Crippen molar-refractivity contribution in [2.45, 2.75) is 12.2 Å². The number of aliphatic hydroxyl groups is 2. The van der Waals surface area contributed by atoms with Crippen LogP contribution in [0.1, 0.15) is 0 Å². The molecule has 2 radical (unpaired) electrons. The zero-order chi connectivity index (χ0) is 10.4. The summed E-state index contributed by atoms with van der Waals surface area (Å²) in [5.41, 5.74) is 0. The van der Waals surface area contributed by atoms with E-state index in [1.54, 1.807) is 0 Å². The van der Waals surface area contributed by atoms with Crippen LogP contribution in [-0.4, -0.2) is 73.4 Å². The van der Waals surface area contributed by atoms with Crippen molar-refractivity contribution in [3.8, 4) is 0 Å². The first-order valence-corrected chi connectivity index (χ1v) is 3.37. The predicted molar refractivity (Wildman–Crippen MR) is 49.3 cm³/mol. The van der Waals surface area contributed by atoms with Crippen LogP contribution in [0, 0.1) is 0 Å². The van der Waals surface area contributed by atoms with Crippen molar-refractivity contribution in [2.24, 2.45) is 0 Å². The molecule has 0 aliphatic carbocycles. The quantitative estimate of drug-likeness (QED) is 0.271. The number of aliphatic hydroxyl groups excluding tert-OH is 2. The minimum absolute atomic E-state index is 0. The van der Waals surface area contributed by atoms with Crippen LogP contribution in [0.15, 0.2) is 12.7 Å². The van der Waals surface area contributed by atoms with Gasteiger partial charge in [0, 0.05) is 0 Å². The Morgan fingerprint density at radius 2 is 1.86 bits per heavy atom. The molecule has 0 amide bonds. The molecular weight excluding hydrogens is 387 g/mol. The summed E-state index contributed by atoms with van der Waals surface area (Å²) in [6.45, 7) is 3.08. The van der Waals surface area contributed by atoms with Crippen LogP contribution < -0.4 is 0 Å². The number of hydrogen-bond donors (Lipinski definition) is 3. The molecular formula is C7H12O6Pb. The van der Waals surface area contributed by atoms with Crippen LogP contribution in [0.5, 0.6) is 0 Å². The number of rotatable bonds is 5. The van der Waals surface area contributed by atoms with Gasteiger partial charge in [-0.2, -0.15) is 0 Å². The van der Waals surface area contributed by atoms with E-state index in [9.17, 15) is 9.59 Å². The number of ether oxygens (including phenoxy) is 1. The van der Waals surface area contributed by atoms with E-state index in [0.29, 0.717) is 0 Å². The fourth-order valence-electron chi connectivity index (χ4n) is 0.490. The van der Waals surface area contributed by atoms with E-state index in [4.69, 9.17) is 15.3 Å². The van der Waals surface area contributed by atoms with Crippen molar-refractivity contribution < 1.29 is 29.6 Å². The van der Waals surface area contributed by atoms with Crippen molar-refractivity contribution >= 4 is 39.2 Å². The number of carboxylic acid groups (broad SMARTS) is 1. The van der Waals surface area contributed by atoms with Gasteiger partial charge in [0.1, 0.15) is 6.61 Å². The third-order valence-corrected chi connectivity index (χ3v) is 1.14. The number of carboxylic acids is 1. The summed E-state index contributed by atoms with van der Waals surface area (Å²) in [6.07, 6.45) is -2.99. The van der Waals surface area contributed by atoms with Gasteiger partial charge in [0.15, 0.2) is 12.2 Å². The number of aliphatic carboxylic acids is 1. The molecule has 0 saturated heterocycles. The summed E-state index contributed by atoms with van der Waals surface area (Å²) in [5, 5.41) is 25.7. The van der Waals surface area contributed by atoms with Crippen LogP contribution in [-0.2, 0) is 14.3 Å². The van der Waals surface area contributed by atoms with Crippen LogP contribution in [0.25, 0.3) is 0 Å². The standard InChI is InChI=1S/C7H10O6.Pb.2H/c1-2-3-13-7(12)5(9)4(8)6(10)11;;;/h2,4-5,8-9H,1,3H2,(H,10,11);;;. The second-order valence-electron chi connectivity index (χ2n) is 2.15. The van der Waals surface area contributed by atoms with Gasteiger partial charge in [0.05, 0.1) is 0 Å². The average Bonchev–Trinajstić information content (AvgIpc) is 2.11. The molecule has 0 fully saturated rings. The maximum absolute atomic E-state index is 10.7. The first-order chi connectivity index (χ1) is 6.00. The summed E-state index contributed by atoms with van der Waals surface area (Å²) in [6, 6.07) is 0. The van der Waals surface area contributed by atoms with Crippen LogP contribution in [0.3, 0.4) is 0 Å². The van der Waals surface area contributed by atoms with E-state index in [-0.39, 0.29) is 33.9 Å². The average molecular weight is 399 g/mol. The van der Waals surface area contributed by atoms with E-state index < -0.39 is 24.1 Å². The van der Waals surface area contributed by atoms with Gasteiger partial charge in [0.25, 0.3) is 0 Å². The number of esters is 1. The van der Waals surface area contributed by atoms with Crippen molar-refractivity contribution in [1.82, 2.24) is 0 Å². The second kappa shape index (κ2) is 7.88. The molecule has 7 heteroatoms. The molecule has 0 saturated carbocycles. The summed E-state index contributed by atoms with van der Waals surface area (Å²) < 4.78 is 4.29. The Hall–Kier alpha value is -0.478. The number of carbonyl (C=O) groups excluding carboxylic acids is 1. The molecule has 0 aromatic heterocycles. The third-order valence-electron chi connectivity index (χ3n) is 1.14. The molecule has 0 aromatic rings. The van der Waals surface area contributed by atoms with E-state index in [2.05, 4.69) is 11.3 Å². The van der Waals surface area contributed by atoms with Gasteiger partial charge in [-0.3, -0.25) is 0 Å². The fourth-order valence-corrected chi connectivity index (χ4v) is 0.490. The second-order valence-corrected chi connectivity index (χ2v) is 2.15. The monoisotopic (exact) mass is 400 g/mol. The van der Waals surface area contributed by atoms with E-state index >= 15 is 0 Å². The SMILES string of the molecule is C=CCOC(=O)C(O)C(O)C(=O)O.[PbH2]. The van der Waals surface area contributed by atoms with Gasteiger partial charge in [-0.25, -0.2) is 9.59 Å². The van der Waals surface area contributed by atoms with Crippen LogP contribution in [0.4, 0.5) is 0 Å². The fraction of sp³-hybridized carbons (Fsp3) is 0.429. The Bertz CT molecular complexity index is 216. The molecule has 0 aliphatic rings. The zero-order valence-electron chi connectivity index (χ0n) is 7.42. The van der Waals surface area contributed by atoms with Gasteiger partial charge in [-0.15, -0.1) is 0 Å². The molecule has 3 N–H and O–H groups in total. The molecule has 0 aromatic carbocycles. The Morgan fingerprint density at radius 3 is 2.21 bits per heavy atom. The summed E-state index contributed by atoms with van der Waals surface area (Å²) >= 11 is 0. The maximum atomic E-state index is 10.7. The van der Waals surface area contributed by atoms with E-state index in [1.165, 1.54) is 6.08 Å². The number of carbonyl (C=O) groups is 2. The Labute approximate surface area is 100 Å². The Balaban J connectivity index is 0. The first-order valence-electron chi connectivity index (χ1n) is 3.37. The van der Waals surface area contributed by atoms with E-state index in [1.807, 2.05) is 0 Å². The molecule has 0 spiro atoms. The third kappa shape index (κ3) is 5.29. The number of hydrogen-bond acceptors (Lipinski definition) is 5. The van der Waals surface area contributed by atoms with Crippen molar-refractivity contribution in [1.29, 1.82) is 0 Å². The molecule has 14 heavy (non-hydrogen) atoms. The minimum atomic E-state index is -2.17. The summed E-state index contributed by atoms with van der Waals surface area (Å²) in [4.78, 5) is 20.8. The molecule has 80 valence electrons. The van der Waals surface area contributed by atoms with Crippen LogP contribution in [0.2, 0.25) is 0 Å². The summed E-state index contributed by atoms with van der Waals surface area (Å²) in [5.74, 6) is -2.89. The first kappa shape index (κ1) is 16.0. The molecule has 0 bridgehead atoms. The van der Waals surface area contributed by atoms with Gasteiger partial charge in [0.2, 0.25) is 0 Å². The van der Waals surface area contributed by atoms with Gasteiger partial charge in [-0.05, 0) is 0 Å². The molecule has 2 atom stereocenters. The Morgan fingerprint density at radius 1 is 1.36 bits per heavy atom. The topological polar surface area (TPSA) is 104 Å². The van der Waals surface area contributed by atoms with Gasteiger partial charge >= 0.3 is 39.2 Å². The molecule has 6 nitrogen and oxygen atoms in total. The molecule has 0 aliphatic heterocycles. The van der Waals surface area contributed by atoms with Gasteiger partial charge < -0.3 is 20.1 Å². The normalized spacial score (nSPS) is 13.3. The zero-order valence-corrected chi connectivity index (χ0v) is 12.9. The van der Waals surface area contributed by atoms with Gasteiger partial charge in [-0.1, -0.05) is 12.7 Å². The molecule has 0 heterocycles. The van der Waals surface area contributed by atoms with Crippen molar-refractivity contribution in [2.75, 3.05) is 6.61 Å².